The molecule has 0 saturated carbocycles. The number of ether oxygens (including phenoxy) is 1. The number of carbonyl (C=O) groups is 2. The van der Waals surface area contributed by atoms with E-state index >= 15 is 0 Å². The molecule has 0 bridgehead atoms. The Hall–Kier alpha value is -3.61. The number of nitrogens with one attached hydrogen (secondary N) is 1. The van der Waals surface area contributed by atoms with Gasteiger partial charge in [0.1, 0.15) is 5.75 Å². The molecule has 0 radical (unpaired) electrons. The second-order valence-corrected chi connectivity index (χ2v) is 6.83. The van der Waals surface area contributed by atoms with Gasteiger partial charge in [0.05, 0.1) is 5.69 Å². The van der Waals surface area contributed by atoms with E-state index in [1.54, 1.807) is 42.5 Å². The number of halogens is 3. The molecule has 0 fully saturated rings. The normalized spacial score (nSPS) is 13.1. The highest BCUT2D eigenvalue weighted by Crippen LogP contribution is 2.38. The number of amides is 1. The molecule has 1 aliphatic carbocycles. The lowest BCUT2D eigenvalue weighted by Crippen LogP contribution is -2.16. The van der Waals surface area contributed by atoms with Crippen LogP contribution in [0.5, 0.6) is 5.75 Å². The predicted molar refractivity (Wildman–Crippen MR) is 106 cm³/mol. The van der Waals surface area contributed by atoms with Crippen molar-refractivity contribution in [2.24, 2.45) is 0 Å². The molecule has 3 aromatic rings. The van der Waals surface area contributed by atoms with Crippen molar-refractivity contribution in [2.45, 2.75) is 19.2 Å². The lowest BCUT2D eigenvalue weighted by Gasteiger charge is -2.14. The maximum Gasteiger partial charge on any atom is 0.573 e. The van der Waals surface area contributed by atoms with E-state index in [-0.39, 0.29) is 17.4 Å². The number of carbonyl (C=O) groups excluding carboxylic acids is 2. The van der Waals surface area contributed by atoms with Crippen molar-refractivity contribution in [3.05, 3.63) is 83.4 Å². The maximum absolute atomic E-state index is 12.5. The van der Waals surface area contributed by atoms with E-state index in [1.165, 1.54) is 24.3 Å². The average Bonchev–Trinajstić information content (AvgIpc) is 3.11. The third-order valence-electron chi connectivity index (χ3n) is 4.88. The Balaban J connectivity index is 1.66. The van der Waals surface area contributed by atoms with Crippen LogP contribution in [0.15, 0.2) is 66.7 Å². The van der Waals surface area contributed by atoms with Crippen LogP contribution in [0.3, 0.4) is 0 Å². The van der Waals surface area contributed by atoms with Gasteiger partial charge in [-0.25, -0.2) is 0 Å². The standard InChI is InChI=1S/C23H16F3NO3/c24-23(25,26)30-16-8-6-14(7-9-16)17-10-12-19(21-18(17)11-13-20(21)28)27-22(29)15-4-2-1-3-5-15/h1-10,12H,11,13H2,(H,27,29). The third-order valence-corrected chi connectivity index (χ3v) is 4.88. The lowest BCUT2D eigenvalue weighted by molar-refractivity contribution is -0.274. The van der Waals surface area contributed by atoms with Gasteiger partial charge in [0.15, 0.2) is 5.78 Å². The Kier molecular flexibility index (Phi) is 5.03. The van der Waals surface area contributed by atoms with Gasteiger partial charge in [-0.1, -0.05) is 36.4 Å². The summed E-state index contributed by atoms with van der Waals surface area (Å²) >= 11 is 0. The minimum absolute atomic E-state index is 0.0766. The number of benzene rings is 3. The van der Waals surface area contributed by atoms with Gasteiger partial charge >= 0.3 is 6.36 Å². The summed E-state index contributed by atoms with van der Waals surface area (Å²) in [5, 5.41) is 2.80. The number of hydrogen-bond donors (Lipinski definition) is 1. The van der Waals surface area contributed by atoms with E-state index in [4.69, 9.17) is 0 Å². The second-order valence-electron chi connectivity index (χ2n) is 6.83. The molecular weight excluding hydrogens is 395 g/mol. The first kappa shape index (κ1) is 19.7. The van der Waals surface area contributed by atoms with Gasteiger partial charge in [-0.2, -0.15) is 0 Å². The molecule has 0 unspecified atom stereocenters. The Bertz CT molecular complexity index is 1110. The van der Waals surface area contributed by atoms with Crippen molar-refractivity contribution < 1.29 is 27.5 Å². The first-order valence-corrected chi connectivity index (χ1v) is 9.23. The molecular formula is C23H16F3NO3. The molecule has 1 aliphatic rings. The zero-order chi connectivity index (χ0) is 21.3. The molecule has 1 amide bonds. The Labute approximate surface area is 170 Å². The zero-order valence-corrected chi connectivity index (χ0v) is 15.6. The molecule has 7 heteroatoms. The Morgan fingerprint density at radius 2 is 1.60 bits per heavy atom. The third kappa shape index (κ3) is 4.05. The quantitative estimate of drug-likeness (QED) is 0.605. The summed E-state index contributed by atoms with van der Waals surface area (Å²) in [6.45, 7) is 0. The fraction of sp³-hybridized carbons (Fsp3) is 0.130. The molecule has 4 nitrogen and oxygen atoms in total. The number of ketones is 1. The first-order valence-electron chi connectivity index (χ1n) is 9.23. The van der Waals surface area contributed by atoms with Gasteiger partial charge in [0.25, 0.3) is 5.91 Å². The lowest BCUT2D eigenvalue weighted by atomic mass is 9.95. The summed E-state index contributed by atoms with van der Waals surface area (Å²) < 4.78 is 41.0. The van der Waals surface area contributed by atoms with E-state index in [0.717, 1.165) is 11.1 Å². The number of Topliss-reactive ketones (excluding diaryl/α,β-unsaturated/α-hetero) is 1. The van der Waals surface area contributed by atoms with Gasteiger partial charge in [0.2, 0.25) is 0 Å². The number of alkyl halides is 3. The highest BCUT2D eigenvalue weighted by Gasteiger charge is 2.31. The SMILES string of the molecule is O=C(Nc1ccc(-c2ccc(OC(F)(F)F)cc2)c2c1C(=O)CC2)c1ccccc1. The second kappa shape index (κ2) is 7.67. The van der Waals surface area contributed by atoms with E-state index in [2.05, 4.69) is 10.1 Å². The summed E-state index contributed by atoms with van der Waals surface area (Å²) in [6.07, 6.45) is -3.94. The van der Waals surface area contributed by atoms with Crippen molar-refractivity contribution in [1.29, 1.82) is 0 Å². The smallest absolute Gasteiger partial charge is 0.406 e. The minimum atomic E-state index is -4.76. The summed E-state index contributed by atoms with van der Waals surface area (Å²) in [4.78, 5) is 25.0. The molecule has 0 saturated heterocycles. The number of rotatable bonds is 4. The molecule has 4 rings (SSSR count). The van der Waals surface area contributed by atoms with Gasteiger partial charge in [-0.3, -0.25) is 9.59 Å². The molecule has 152 valence electrons. The van der Waals surface area contributed by atoms with Crippen LogP contribution in [0.4, 0.5) is 18.9 Å². The van der Waals surface area contributed by atoms with Crippen molar-refractivity contribution in [3.63, 3.8) is 0 Å². The van der Waals surface area contributed by atoms with Crippen LogP contribution < -0.4 is 10.1 Å². The van der Waals surface area contributed by atoms with E-state index in [1.807, 2.05) is 0 Å². The molecule has 1 N–H and O–H groups in total. The van der Waals surface area contributed by atoms with E-state index in [9.17, 15) is 22.8 Å². The molecule has 3 aromatic carbocycles. The van der Waals surface area contributed by atoms with Crippen molar-refractivity contribution in [2.75, 3.05) is 5.32 Å². The van der Waals surface area contributed by atoms with Crippen LogP contribution >= 0.6 is 0 Å². The van der Waals surface area contributed by atoms with Crippen molar-refractivity contribution in [3.8, 4) is 16.9 Å². The Morgan fingerprint density at radius 3 is 2.27 bits per heavy atom. The molecule has 0 aromatic heterocycles. The largest absolute Gasteiger partial charge is 0.573 e. The zero-order valence-electron chi connectivity index (χ0n) is 15.6. The molecule has 0 atom stereocenters. The summed E-state index contributed by atoms with van der Waals surface area (Å²) in [5.74, 6) is -0.711. The molecule has 0 heterocycles. The monoisotopic (exact) mass is 411 g/mol. The molecule has 30 heavy (non-hydrogen) atoms. The van der Waals surface area contributed by atoms with Crippen molar-refractivity contribution >= 4 is 17.4 Å². The highest BCUT2D eigenvalue weighted by molar-refractivity contribution is 6.12. The van der Waals surface area contributed by atoms with Crippen LogP contribution in [-0.4, -0.2) is 18.1 Å². The number of hydrogen-bond acceptors (Lipinski definition) is 3. The minimum Gasteiger partial charge on any atom is -0.406 e. The predicted octanol–water partition coefficient (Wildman–Crippen LogP) is 5.63. The van der Waals surface area contributed by atoms with E-state index in [0.29, 0.717) is 35.2 Å². The molecule has 0 spiro atoms. The highest BCUT2D eigenvalue weighted by atomic mass is 19.4. The summed E-state index contributed by atoms with van der Waals surface area (Å²) in [6, 6.07) is 17.6. The summed E-state index contributed by atoms with van der Waals surface area (Å²) in [7, 11) is 0. The van der Waals surface area contributed by atoms with Crippen LogP contribution in [0.2, 0.25) is 0 Å². The fourth-order valence-electron chi connectivity index (χ4n) is 3.58. The van der Waals surface area contributed by atoms with Gasteiger partial charge in [-0.15, -0.1) is 13.2 Å². The number of fused-ring (bicyclic) bond motifs is 1. The maximum atomic E-state index is 12.5. The van der Waals surface area contributed by atoms with Gasteiger partial charge < -0.3 is 10.1 Å². The van der Waals surface area contributed by atoms with Crippen molar-refractivity contribution in [1.82, 2.24) is 0 Å². The number of anilines is 1. The van der Waals surface area contributed by atoms with E-state index < -0.39 is 6.36 Å². The average molecular weight is 411 g/mol. The van der Waals surface area contributed by atoms with Gasteiger partial charge in [-0.05, 0) is 53.4 Å². The topological polar surface area (TPSA) is 55.4 Å². The van der Waals surface area contributed by atoms with Crippen LogP contribution in [0.1, 0.15) is 32.7 Å². The van der Waals surface area contributed by atoms with Crippen LogP contribution in [-0.2, 0) is 6.42 Å². The fourth-order valence-corrected chi connectivity index (χ4v) is 3.58. The first-order chi connectivity index (χ1) is 14.3. The Morgan fingerprint density at radius 1 is 0.900 bits per heavy atom. The molecule has 0 aliphatic heterocycles. The summed E-state index contributed by atoms with van der Waals surface area (Å²) in [5.41, 5.74) is 3.54. The van der Waals surface area contributed by atoms with Crippen LogP contribution in [0, 0.1) is 0 Å². The van der Waals surface area contributed by atoms with Crippen LogP contribution in [0.25, 0.3) is 11.1 Å². The van der Waals surface area contributed by atoms with Gasteiger partial charge in [0, 0.05) is 17.5 Å².